The smallest absolute Gasteiger partial charge is 0.261 e. The highest BCUT2D eigenvalue weighted by molar-refractivity contribution is 6.21. The van der Waals surface area contributed by atoms with Crippen LogP contribution in [0.2, 0.25) is 0 Å². The number of ether oxygens (including phenoxy) is 1. The molecule has 1 heterocycles. The van der Waals surface area contributed by atoms with Crippen molar-refractivity contribution in [3.8, 4) is 0 Å². The Morgan fingerprint density at radius 1 is 0.593 bits per heavy atom. The summed E-state index contributed by atoms with van der Waals surface area (Å²) in [5.41, 5.74) is 4.06. The maximum Gasteiger partial charge on any atom is 0.261 e. The third kappa shape index (κ3) is 3.66. The second kappa shape index (κ2) is 7.56. The number of fused-ring (bicyclic) bond motifs is 1. The number of rotatable bonds is 6. The number of hydrogen-bond donors (Lipinski definition) is 0. The van der Waals surface area contributed by atoms with E-state index in [1.807, 2.05) is 54.6 Å². The van der Waals surface area contributed by atoms with E-state index in [1.54, 1.807) is 24.3 Å². The average Bonchev–Trinajstić information content (AvgIpc) is 2.95. The van der Waals surface area contributed by atoms with E-state index in [0.717, 1.165) is 16.7 Å². The molecule has 1 aliphatic heterocycles. The summed E-state index contributed by atoms with van der Waals surface area (Å²) in [4.78, 5) is 26.2. The molecule has 0 N–H and O–H groups in total. The number of nitrogens with zero attached hydrogens (tertiary/aromatic N) is 1. The Hall–Kier alpha value is -3.24. The molecular formula is C23H19NO3. The highest BCUT2D eigenvalue weighted by Gasteiger charge is 2.34. The SMILES string of the molecule is O=C1c2ccccc2C(=O)N1Cc1ccc(COCc2ccccc2)cc1. The van der Waals surface area contributed by atoms with Crippen LogP contribution < -0.4 is 0 Å². The lowest BCUT2D eigenvalue weighted by molar-refractivity contribution is 0.0642. The molecule has 4 rings (SSSR count). The third-order valence-corrected chi connectivity index (χ3v) is 4.62. The largest absolute Gasteiger partial charge is 0.372 e. The van der Waals surface area contributed by atoms with Gasteiger partial charge in [0.25, 0.3) is 11.8 Å². The minimum Gasteiger partial charge on any atom is -0.372 e. The highest BCUT2D eigenvalue weighted by atomic mass is 16.5. The number of hydrogen-bond acceptors (Lipinski definition) is 3. The van der Waals surface area contributed by atoms with Crippen molar-refractivity contribution in [3.63, 3.8) is 0 Å². The molecule has 0 radical (unpaired) electrons. The summed E-state index contributed by atoms with van der Waals surface area (Å²) in [7, 11) is 0. The van der Waals surface area contributed by atoms with Crippen molar-refractivity contribution < 1.29 is 14.3 Å². The molecule has 27 heavy (non-hydrogen) atoms. The summed E-state index contributed by atoms with van der Waals surface area (Å²) in [6.07, 6.45) is 0. The van der Waals surface area contributed by atoms with Gasteiger partial charge in [-0.15, -0.1) is 0 Å². The molecule has 0 saturated carbocycles. The second-order valence-electron chi connectivity index (χ2n) is 6.54. The van der Waals surface area contributed by atoms with Crippen LogP contribution in [0.25, 0.3) is 0 Å². The van der Waals surface area contributed by atoms with Gasteiger partial charge in [0.15, 0.2) is 0 Å². The molecule has 2 amide bonds. The molecule has 0 unspecified atom stereocenters. The molecule has 1 aliphatic rings. The predicted octanol–water partition coefficient (Wildman–Crippen LogP) is 4.20. The van der Waals surface area contributed by atoms with Gasteiger partial charge in [0, 0.05) is 0 Å². The van der Waals surface area contributed by atoms with Crippen molar-refractivity contribution in [1.29, 1.82) is 0 Å². The lowest BCUT2D eigenvalue weighted by Crippen LogP contribution is -2.29. The highest BCUT2D eigenvalue weighted by Crippen LogP contribution is 2.24. The molecule has 0 aliphatic carbocycles. The standard InChI is InChI=1S/C23H19NO3/c25-22-20-8-4-5-9-21(20)23(26)24(22)14-17-10-12-19(13-11-17)16-27-15-18-6-2-1-3-7-18/h1-13H,14-16H2. The topological polar surface area (TPSA) is 46.6 Å². The van der Waals surface area contributed by atoms with E-state index in [-0.39, 0.29) is 18.4 Å². The van der Waals surface area contributed by atoms with E-state index in [4.69, 9.17) is 4.74 Å². The van der Waals surface area contributed by atoms with E-state index in [0.29, 0.717) is 24.3 Å². The van der Waals surface area contributed by atoms with Crippen LogP contribution >= 0.6 is 0 Å². The lowest BCUT2D eigenvalue weighted by Gasteiger charge is -2.14. The summed E-state index contributed by atoms with van der Waals surface area (Å²) in [5.74, 6) is -0.461. The van der Waals surface area contributed by atoms with Gasteiger partial charge in [-0.2, -0.15) is 0 Å². The minimum absolute atomic E-state index is 0.231. The van der Waals surface area contributed by atoms with Gasteiger partial charge in [-0.3, -0.25) is 14.5 Å². The van der Waals surface area contributed by atoms with Gasteiger partial charge in [-0.05, 0) is 28.8 Å². The molecule has 0 fully saturated rings. The summed E-state index contributed by atoms with van der Waals surface area (Å²) in [6, 6.07) is 24.8. The molecular weight excluding hydrogens is 338 g/mol. The number of imide groups is 1. The Balaban J connectivity index is 1.36. The first-order valence-electron chi connectivity index (χ1n) is 8.87. The second-order valence-corrected chi connectivity index (χ2v) is 6.54. The number of carbonyl (C=O) groups excluding carboxylic acids is 2. The molecule has 0 aromatic heterocycles. The lowest BCUT2D eigenvalue weighted by atomic mass is 10.1. The molecule has 4 heteroatoms. The fourth-order valence-electron chi connectivity index (χ4n) is 3.17. The normalized spacial score (nSPS) is 13.1. The first kappa shape index (κ1) is 17.2. The van der Waals surface area contributed by atoms with Crippen LogP contribution in [-0.4, -0.2) is 16.7 Å². The molecule has 3 aromatic carbocycles. The van der Waals surface area contributed by atoms with Gasteiger partial charge in [0.2, 0.25) is 0 Å². The summed E-state index contributed by atoms with van der Waals surface area (Å²) in [6.45, 7) is 1.36. The van der Waals surface area contributed by atoms with Gasteiger partial charge in [0.1, 0.15) is 0 Å². The maximum atomic E-state index is 12.4. The molecule has 3 aromatic rings. The first-order valence-corrected chi connectivity index (χ1v) is 8.87. The molecule has 4 nitrogen and oxygen atoms in total. The average molecular weight is 357 g/mol. The minimum atomic E-state index is -0.231. The molecule has 0 bridgehead atoms. The number of amides is 2. The zero-order chi connectivity index (χ0) is 18.6. The third-order valence-electron chi connectivity index (χ3n) is 4.62. The monoisotopic (exact) mass is 357 g/mol. The molecule has 0 atom stereocenters. The quantitative estimate of drug-likeness (QED) is 0.621. The fourth-order valence-corrected chi connectivity index (χ4v) is 3.17. The van der Waals surface area contributed by atoms with Crippen LogP contribution in [0.15, 0.2) is 78.9 Å². The van der Waals surface area contributed by atoms with Gasteiger partial charge in [-0.1, -0.05) is 66.7 Å². The van der Waals surface area contributed by atoms with Crippen molar-refractivity contribution >= 4 is 11.8 Å². The van der Waals surface area contributed by atoms with Crippen molar-refractivity contribution in [2.75, 3.05) is 0 Å². The van der Waals surface area contributed by atoms with Crippen LogP contribution in [0.5, 0.6) is 0 Å². The van der Waals surface area contributed by atoms with Crippen LogP contribution in [0.1, 0.15) is 37.4 Å². The fraction of sp³-hybridized carbons (Fsp3) is 0.130. The van der Waals surface area contributed by atoms with E-state index >= 15 is 0 Å². The molecule has 0 spiro atoms. The van der Waals surface area contributed by atoms with Gasteiger partial charge in [0.05, 0.1) is 30.9 Å². The van der Waals surface area contributed by atoms with Crippen molar-refractivity contribution in [2.24, 2.45) is 0 Å². The Kier molecular flexibility index (Phi) is 4.81. The van der Waals surface area contributed by atoms with E-state index in [1.165, 1.54) is 4.90 Å². The molecule has 0 saturated heterocycles. The van der Waals surface area contributed by atoms with E-state index in [9.17, 15) is 9.59 Å². The van der Waals surface area contributed by atoms with Crippen molar-refractivity contribution in [2.45, 2.75) is 19.8 Å². The molecule has 134 valence electrons. The van der Waals surface area contributed by atoms with Crippen LogP contribution in [0.3, 0.4) is 0 Å². The predicted molar refractivity (Wildman–Crippen MR) is 102 cm³/mol. The summed E-state index contributed by atoms with van der Waals surface area (Å²) in [5, 5.41) is 0. The Labute approximate surface area is 158 Å². The number of benzene rings is 3. The summed E-state index contributed by atoms with van der Waals surface area (Å²) < 4.78 is 5.74. The van der Waals surface area contributed by atoms with Crippen LogP contribution in [0.4, 0.5) is 0 Å². The Morgan fingerprint density at radius 2 is 1.07 bits per heavy atom. The maximum absolute atomic E-state index is 12.4. The van der Waals surface area contributed by atoms with Crippen molar-refractivity contribution in [1.82, 2.24) is 4.90 Å². The van der Waals surface area contributed by atoms with E-state index < -0.39 is 0 Å². The number of carbonyl (C=O) groups is 2. The van der Waals surface area contributed by atoms with Crippen molar-refractivity contribution in [3.05, 3.63) is 107 Å². The zero-order valence-electron chi connectivity index (χ0n) is 14.8. The van der Waals surface area contributed by atoms with Crippen LogP contribution in [0, 0.1) is 0 Å². The summed E-state index contributed by atoms with van der Waals surface area (Å²) >= 11 is 0. The van der Waals surface area contributed by atoms with Gasteiger partial charge >= 0.3 is 0 Å². The van der Waals surface area contributed by atoms with E-state index in [2.05, 4.69) is 0 Å². The zero-order valence-corrected chi connectivity index (χ0v) is 14.8. The van der Waals surface area contributed by atoms with Gasteiger partial charge in [-0.25, -0.2) is 0 Å². The first-order chi connectivity index (χ1) is 13.2. The Bertz CT molecular complexity index is 929. The van der Waals surface area contributed by atoms with Crippen LogP contribution in [-0.2, 0) is 24.5 Å². The Morgan fingerprint density at radius 3 is 1.67 bits per heavy atom. The van der Waals surface area contributed by atoms with Gasteiger partial charge < -0.3 is 4.74 Å².